The van der Waals surface area contributed by atoms with Crippen molar-refractivity contribution in [2.45, 2.75) is 19.9 Å². The van der Waals surface area contributed by atoms with Gasteiger partial charge in [0.2, 0.25) is 11.8 Å². The molecule has 5 aromatic rings. The Hall–Kier alpha value is -5.02. The second-order valence-corrected chi connectivity index (χ2v) is 11.7. The summed E-state index contributed by atoms with van der Waals surface area (Å²) in [4.78, 5) is 29.3. The Labute approximate surface area is 251 Å². The van der Waals surface area contributed by atoms with Crippen LogP contribution in [0, 0.1) is 5.92 Å². The molecular weight excluding hydrogens is 560 g/mol. The van der Waals surface area contributed by atoms with Crippen LogP contribution in [0.25, 0.3) is 16.8 Å². The van der Waals surface area contributed by atoms with E-state index in [1.807, 2.05) is 85.8 Å². The first-order valence-electron chi connectivity index (χ1n) is 14.0. The molecule has 0 aliphatic rings. The molecule has 0 aliphatic heterocycles. The van der Waals surface area contributed by atoms with Gasteiger partial charge in [0.15, 0.2) is 0 Å². The van der Waals surface area contributed by atoms with E-state index < -0.39 is 27.8 Å². The standard InChI is InChI=1S/C34H32N4O4S/c1-2-38(32-19-11-17-29-16-9-10-18-30(29)32)34(40)31(22-28-23-35-37(25-28)24-27-14-7-4-8-15-27)33(39)36-43(41,42)21-20-26-12-5-3-6-13-26/h3-21,23,25,31H,2,22,24H2,1H3,(H,36,39)/b21-20+. The van der Waals surface area contributed by atoms with E-state index in [9.17, 15) is 18.0 Å². The highest BCUT2D eigenvalue weighted by Crippen LogP contribution is 2.28. The number of sulfonamides is 1. The minimum Gasteiger partial charge on any atom is -0.311 e. The molecular formula is C34H32N4O4S. The summed E-state index contributed by atoms with van der Waals surface area (Å²) in [6, 6.07) is 32.0. The fourth-order valence-corrected chi connectivity index (χ4v) is 5.78. The van der Waals surface area contributed by atoms with Gasteiger partial charge >= 0.3 is 0 Å². The van der Waals surface area contributed by atoms with Crippen molar-refractivity contribution in [1.29, 1.82) is 0 Å². The van der Waals surface area contributed by atoms with Crippen LogP contribution in [0.4, 0.5) is 5.69 Å². The Bertz CT molecular complexity index is 1850. The normalized spacial score (nSPS) is 12.3. The largest absolute Gasteiger partial charge is 0.311 e. The minimum absolute atomic E-state index is 0.0291. The number of hydrogen-bond donors (Lipinski definition) is 1. The van der Waals surface area contributed by atoms with Crippen LogP contribution < -0.4 is 9.62 Å². The SMILES string of the molecule is CCN(C(=O)C(Cc1cnn(Cc2ccccc2)c1)C(=O)NS(=O)(=O)/C=C/c1ccccc1)c1cccc2ccccc12. The summed E-state index contributed by atoms with van der Waals surface area (Å²) < 4.78 is 29.7. The molecule has 5 rings (SSSR count). The Morgan fingerprint density at radius 1 is 0.884 bits per heavy atom. The average Bonchev–Trinajstić information content (AvgIpc) is 3.46. The summed E-state index contributed by atoms with van der Waals surface area (Å²) in [5, 5.41) is 7.15. The monoisotopic (exact) mass is 592 g/mol. The molecule has 0 saturated carbocycles. The number of amides is 2. The van der Waals surface area contributed by atoms with Crippen molar-refractivity contribution in [3.05, 3.63) is 138 Å². The summed E-state index contributed by atoms with van der Waals surface area (Å²) in [6.07, 6.45) is 4.75. The lowest BCUT2D eigenvalue weighted by atomic mass is 9.98. The minimum atomic E-state index is -4.19. The molecule has 1 heterocycles. The lowest BCUT2D eigenvalue weighted by molar-refractivity contribution is -0.132. The second-order valence-electron chi connectivity index (χ2n) is 10.1. The zero-order chi connectivity index (χ0) is 30.2. The molecule has 8 nitrogen and oxygen atoms in total. The first-order valence-corrected chi connectivity index (χ1v) is 15.5. The number of anilines is 1. The third-order valence-electron chi connectivity index (χ3n) is 7.05. The zero-order valence-electron chi connectivity index (χ0n) is 23.7. The summed E-state index contributed by atoms with van der Waals surface area (Å²) in [6.45, 7) is 2.62. The number of aromatic nitrogens is 2. The maximum atomic E-state index is 14.2. The number of carbonyl (C=O) groups is 2. The van der Waals surface area contributed by atoms with Crippen LogP contribution in [0.15, 0.2) is 121 Å². The third-order valence-corrected chi connectivity index (χ3v) is 8.03. The van der Waals surface area contributed by atoms with Crippen molar-refractivity contribution in [2.24, 2.45) is 5.92 Å². The van der Waals surface area contributed by atoms with Crippen LogP contribution in [0.1, 0.15) is 23.6 Å². The van der Waals surface area contributed by atoms with Crippen LogP contribution >= 0.6 is 0 Å². The summed E-state index contributed by atoms with van der Waals surface area (Å²) >= 11 is 0. The predicted molar refractivity (Wildman–Crippen MR) is 169 cm³/mol. The molecule has 0 aliphatic carbocycles. The molecule has 0 saturated heterocycles. The third kappa shape index (κ3) is 7.44. The Kier molecular flexibility index (Phi) is 9.12. The maximum Gasteiger partial charge on any atom is 0.257 e. The zero-order valence-corrected chi connectivity index (χ0v) is 24.5. The first-order chi connectivity index (χ1) is 20.8. The highest BCUT2D eigenvalue weighted by molar-refractivity contribution is 7.93. The summed E-state index contributed by atoms with van der Waals surface area (Å²) in [7, 11) is -4.19. The van der Waals surface area contributed by atoms with Gasteiger partial charge in [-0.1, -0.05) is 97.1 Å². The molecule has 0 bridgehead atoms. The van der Waals surface area contributed by atoms with Crippen molar-refractivity contribution >= 4 is 44.4 Å². The molecule has 0 fully saturated rings. The van der Waals surface area contributed by atoms with Gasteiger partial charge in [-0.25, -0.2) is 13.1 Å². The van der Waals surface area contributed by atoms with E-state index in [1.54, 1.807) is 41.3 Å². The molecule has 1 aromatic heterocycles. The van der Waals surface area contributed by atoms with Crippen LogP contribution in [0.2, 0.25) is 0 Å². The number of fused-ring (bicyclic) bond motifs is 1. The molecule has 218 valence electrons. The van der Waals surface area contributed by atoms with Gasteiger partial charge in [0.05, 0.1) is 23.8 Å². The van der Waals surface area contributed by atoms with Gasteiger partial charge < -0.3 is 4.90 Å². The van der Waals surface area contributed by atoms with Crippen molar-refractivity contribution in [3.8, 4) is 0 Å². The van der Waals surface area contributed by atoms with Gasteiger partial charge in [0.1, 0.15) is 5.92 Å². The smallest absolute Gasteiger partial charge is 0.257 e. The Morgan fingerprint density at radius 2 is 1.56 bits per heavy atom. The fraction of sp³-hybridized carbons (Fsp3) is 0.147. The molecule has 0 radical (unpaired) electrons. The lowest BCUT2D eigenvalue weighted by Gasteiger charge is -2.27. The Morgan fingerprint density at radius 3 is 2.30 bits per heavy atom. The number of nitrogens with one attached hydrogen (secondary N) is 1. The molecule has 1 N–H and O–H groups in total. The van der Waals surface area contributed by atoms with Crippen molar-refractivity contribution in [2.75, 3.05) is 11.4 Å². The van der Waals surface area contributed by atoms with E-state index in [1.165, 1.54) is 11.0 Å². The molecule has 1 unspecified atom stereocenters. The quantitative estimate of drug-likeness (QED) is 0.207. The molecule has 9 heteroatoms. The van der Waals surface area contributed by atoms with Gasteiger partial charge in [0, 0.05) is 18.1 Å². The molecule has 2 amide bonds. The van der Waals surface area contributed by atoms with Gasteiger partial charge in [-0.05, 0) is 47.6 Å². The van der Waals surface area contributed by atoms with Crippen LogP contribution in [-0.2, 0) is 32.6 Å². The average molecular weight is 593 g/mol. The summed E-state index contributed by atoms with van der Waals surface area (Å²) in [5.41, 5.74) is 2.99. The number of rotatable bonds is 11. The highest BCUT2D eigenvalue weighted by atomic mass is 32.2. The van der Waals surface area contributed by atoms with Crippen molar-refractivity contribution in [1.82, 2.24) is 14.5 Å². The van der Waals surface area contributed by atoms with Gasteiger partial charge in [-0.15, -0.1) is 0 Å². The molecule has 0 spiro atoms. The van der Waals surface area contributed by atoms with E-state index >= 15 is 0 Å². The first kappa shape index (κ1) is 29.5. The van der Waals surface area contributed by atoms with E-state index in [2.05, 4.69) is 9.82 Å². The lowest BCUT2D eigenvalue weighted by Crippen LogP contribution is -2.46. The predicted octanol–water partition coefficient (Wildman–Crippen LogP) is 5.41. The molecule has 43 heavy (non-hydrogen) atoms. The van der Waals surface area contributed by atoms with E-state index in [0.29, 0.717) is 23.4 Å². The highest BCUT2D eigenvalue weighted by Gasteiger charge is 2.34. The number of nitrogens with zero attached hydrogens (tertiary/aromatic N) is 3. The van der Waals surface area contributed by atoms with E-state index in [4.69, 9.17) is 0 Å². The van der Waals surface area contributed by atoms with Crippen molar-refractivity contribution < 1.29 is 18.0 Å². The summed E-state index contributed by atoms with van der Waals surface area (Å²) in [5.74, 6) is -2.74. The van der Waals surface area contributed by atoms with E-state index in [0.717, 1.165) is 21.7 Å². The van der Waals surface area contributed by atoms with Crippen LogP contribution in [-0.4, -0.2) is 36.6 Å². The number of hydrogen-bond acceptors (Lipinski definition) is 5. The molecule has 1 atom stereocenters. The number of carbonyl (C=O) groups excluding carboxylic acids is 2. The van der Waals surface area contributed by atoms with Gasteiger partial charge in [-0.2, -0.15) is 5.10 Å². The van der Waals surface area contributed by atoms with Crippen molar-refractivity contribution in [3.63, 3.8) is 0 Å². The maximum absolute atomic E-state index is 14.2. The number of benzene rings is 4. The van der Waals surface area contributed by atoms with Crippen LogP contribution in [0.5, 0.6) is 0 Å². The van der Waals surface area contributed by atoms with Gasteiger partial charge in [0.25, 0.3) is 10.0 Å². The fourth-order valence-electron chi connectivity index (χ4n) is 4.95. The second kappa shape index (κ2) is 13.3. The van der Waals surface area contributed by atoms with Gasteiger partial charge in [-0.3, -0.25) is 14.3 Å². The van der Waals surface area contributed by atoms with E-state index in [-0.39, 0.29) is 13.0 Å². The van der Waals surface area contributed by atoms with Crippen LogP contribution in [0.3, 0.4) is 0 Å². The topological polar surface area (TPSA) is 101 Å². The molecule has 4 aromatic carbocycles. The Balaban J connectivity index is 1.44.